The van der Waals surface area contributed by atoms with Crippen LogP contribution in [0.2, 0.25) is 0 Å². The lowest BCUT2D eigenvalue weighted by molar-refractivity contribution is 0.487. The van der Waals surface area contributed by atoms with Crippen molar-refractivity contribution in [3.63, 3.8) is 0 Å². The fourth-order valence-electron chi connectivity index (χ4n) is 2.28. The molecule has 4 heteroatoms. The third kappa shape index (κ3) is 5.35. The Morgan fingerprint density at radius 2 is 2.06 bits per heavy atom. The molecule has 0 atom stereocenters. The molecule has 0 amide bonds. The number of hydrogen-bond acceptors (Lipinski definition) is 2. The van der Waals surface area contributed by atoms with Gasteiger partial charge in [-0.25, -0.2) is 5.84 Å². The van der Waals surface area contributed by atoms with Crippen molar-refractivity contribution in [2.24, 2.45) is 16.8 Å². The Hall–Kier alpha value is -0.770. The van der Waals surface area contributed by atoms with Crippen LogP contribution < -0.4 is 16.6 Å². The summed E-state index contributed by atoms with van der Waals surface area (Å²) in [5, 5.41) is 3.17. The van der Waals surface area contributed by atoms with Gasteiger partial charge in [0.15, 0.2) is 0 Å². The summed E-state index contributed by atoms with van der Waals surface area (Å²) in [6.07, 6.45) is 8.21. The first kappa shape index (κ1) is 13.3. The Labute approximate surface area is 99.1 Å². The number of hydrogen-bond donors (Lipinski definition) is 3. The van der Waals surface area contributed by atoms with Crippen molar-refractivity contribution < 1.29 is 0 Å². The van der Waals surface area contributed by atoms with Crippen molar-refractivity contribution >= 4 is 5.96 Å². The van der Waals surface area contributed by atoms with E-state index in [1.54, 1.807) is 0 Å². The minimum Gasteiger partial charge on any atom is -0.353 e. The summed E-state index contributed by atoms with van der Waals surface area (Å²) in [5.74, 6) is 7.05. The smallest absolute Gasteiger partial charge is 0.205 e. The van der Waals surface area contributed by atoms with Gasteiger partial charge in [0.25, 0.3) is 0 Å². The maximum atomic E-state index is 5.38. The standard InChI is InChI=1S/C12H26N4/c1-10(2)15-12(16-13)14-9-5-8-11-6-3-4-7-11/h10-11H,3-9,13H2,1-2H3,(H2,14,15,16). The number of guanidine groups is 1. The largest absolute Gasteiger partial charge is 0.353 e. The molecule has 0 saturated heterocycles. The Kier molecular flexibility index (Phi) is 6.23. The van der Waals surface area contributed by atoms with Crippen LogP contribution in [-0.4, -0.2) is 18.5 Å². The van der Waals surface area contributed by atoms with Gasteiger partial charge in [-0.1, -0.05) is 25.7 Å². The number of aliphatic imine (C=N–C) groups is 1. The van der Waals surface area contributed by atoms with E-state index in [1.807, 2.05) is 0 Å². The molecule has 0 heterocycles. The molecule has 0 bridgehead atoms. The predicted octanol–water partition coefficient (Wildman–Crippen LogP) is 1.77. The number of hydrazine groups is 1. The van der Waals surface area contributed by atoms with E-state index in [1.165, 1.54) is 38.5 Å². The van der Waals surface area contributed by atoms with Crippen molar-refractivity contribution in [2.45, 2.75) is 58.4 Å². The highest BCUT2D eigenvalue weighted by Crippen LogP contribution is 2.28. The minimum atomic E-state index is 0.365. The van der Waals surface area contributed by atoms with Crippen LogP contribution in [-0.2, 0) is 0 Å². The fraction of sp³-hybridized carbons (Fsp3) is 0.917. The van der Waals surface area contributed by atoms with Crippen LogP contribution in [0.15, 0.2) is 4.99 Å². The third-order valence-corrected chi connectivity index (χ3v) is 3.08. The fourth-order valence-corrected chi connectivity index (χ4v) is 2.28. The molecule has 1 rings (SSSR count). The molecule has 0 spiro atoms. The van der Waals surface area contributed by atoms with E-state index in [0.717, 1.165) is 12.5 Å². The zero-order valence-corrected chi connectivity index (χ0v) is 10.6. The molecule has 1 aliphatic rings. The van der Waals surface area contributed by atoms with Gasteiger partial charge in [0.05, 0.1) is 0 Å². The summed E-state index contributed by atoms with van der Waals surface area (Å²) in [6.45, 7) is 5.02. The molecule has 1 saturated carbocycles. The quantitative estimate of drug-likeness (QED) is 0.220. The Morgan fingerprint density at radius 3 is 2.62 bits per heavy atom. The Bertz CT molecular complexity index is 207. The molecule has 94 valence electrons. The minimum absolute atomic E-state index is 0.365. The van der Waals surface area contributed by atoms with Crippen LogP contribution >= 0.6 is 0 Å². The third-order valence-electron chi connectivity index (χ3n) is 3.08. The van der Waals surface area contributed by atoms with Crippen LogP contribution in [0.3, 0.4) is 0 Å². The molecule has 0 radical (unpaired) electrons. The van der Waals surface area contributed by atoms with E-state index in [-0.39, 0.29) is 0 Å². The van der Waals surface area contributed by atoms with Gasteiger partial charge in [-0.15, -0.1) is 0 Å². The van der Waals surface area contributed by atoms with Gasteiger partial charge in [-0.05, 0) is 32.6 Å². The first-order valence-electron chi connectivity index (χ1n) is 6.50. The number of nitrogens with zero attached hydrogens (tertiary/aromatic N) is 1. The first-order chi connectivity index (χ1) is 7.72. The maximum Gasteiger partial charge on any atom is 0.205 e. The van der Waals surface area contributed by atoms with Gasteiger partial charge in [0.2, 0.25) is 5.96 Å². The second kappa shape index (κ2) is 7.49. The zero-order valence-electron chi connectivity index (χ0n) is 10.6. The highest BCUT2D eigenvalue weighted by atomic mass is 15.3. The Morgan fingerprint density at radius 1 is 1.38 bits per heavy atom. The van der Waals surface area contributed by atoms with Crippen molar-refractivity contribution in [3.8, 4) is 0 Å². The van der Waals surface area contributed by atoms with E-state index in [0.29, 0.717) is 12.0 Å². The summed E-state index contributed by atoms with van der Waals surface area (Å²) >= 11 is 0. The lowest BCUT2D eigenvalue weighted by atomic mass is 10.0. The lowest BCUT2D eigenvalue weighted by Crippen LogP contribution is -2.44. The molecule has 0 aromatic carbocycles. The number of nitrogens with two attached hydrogens (primary N) is 1. The number of rotatable bonds is 5. The van der Waals surface area contributed by atoms with Crippen LogP contribution in [0.4, 0.5) is 0 Å². The van der Waals surface area contributed by atoms with Gasteiger partial charge in [0.1, 0.15) is 0 Å². The van der Waals surface area contributed by atoms with Crippen LogP contribution in [0, 0.1) is 5.92 Å². The molecule has 4 N–H and O–H groups in total. The van der Waals surface area contributed by atoms with Gasteiger partial charge >= 0.3 is 0 Å². The summed E-state index contributed by atoms with van der Waals surface area (Å²) < 4.78 is 0. The second-order valence-electron chi connectivity index (χ2n) is 4.97. The second-order valence-corrected chi connectivity index (χ2v) is 4.97. The van der Waals surface area contributed by atoms with Gasteiger partial charge in [-0.3, -0.25) is 10.4 Å². The predicted molar refractivity (Wildman–Crippen MR) is 69.1 cm³/mol. The highest BCUT2D eigenvalue weighted by Gasteiger charge is 2.13. The lowest BCUT2D eigenvalue weighted by Gasteiger charge is -2.12. The number of nitrogens with one attached hydrogen (secondary N) is 2. The summed E-state index contributed by atoms with van der Waals surface area (Å²) in [6, 6.07) is 0.365. The normalized spacial score (nSPS) is 18.1. The topological polar surface area (TPSA) is 62.4 Å². The first-order valence-corrected chi connectivity index (χ1v) is 6.50. The summed E-state index contributed by atoms with van der Waals surface area (Å²) in [4.78, 5) is 4.41. The molecular weight excluding hydrogens is 200 g/mol. The van der Waals surface area contributed by atoms with E-state index in [4.69, 9.17) is 5.84 Å². The van der Waals surface area contributed by atoms with Gasteiger partial charge in [0, 0.05) is 12.6 Å². The Balaban J connectivity index is 2.12. The molecule has 1 fully saturated rings. The van der Waals surface area contributed by atoms with E-state index in [2.05, 4.69) is 29.6 Å². The molecule has 16 heavy (non-hydrogen) atoms. The highest BCUT2D eigenvalue weighted by molar-refractivity contribution is 5.79. The van der Waals surface area contributed by atoms with Crippen LogP contribution in [0.5, 0.6) is 0 Å². The molecular formula is C12H26N4. The van der Waals surface area contributed by atoms with Gasteiger partial charge in [-0.2, -0.15) is 0 Å². The van der Waals surface area contributed by atoms with Gasteiger partial charge < -0.3 is 5.32 Å². The van der Waals surface area contributed by atoms with Crippen LogP contribution in [0.25, 0.3) is 0 Å². The van der Waals surface area contributed by atoms with E-state index >= 15 is 0 Å². The maximum absolute atomic E-state index is 5.38. The van der Waals surface area contributed by atoms with Crippen molar-refractivity contribution in [1.82, 2.24) is 10.7 Å². The van der Waals surface area contributed by atoms with E-state index in [9.17, 15) is 0 Å². The molecule has 0 unspecified atom stereocenters. The zero-order chi connectivity index (χ0) is 11.8. The average Bonchev–Trinajstić information content (AvgIpc) is 2.74. The molecule has 0 aliphatic heterocycles. The summed E-state index contributed by atoms with van der Waals surface area (Å²) in [5.41, 5.74) is 2.60. The molecule has 0 aromatic rings. The average molecular weight is 226 g/mol. The monoisotopic (exact) mass is 226 g/mol. The van der Waals surface area contributed by atoms with Crippen molar-refractivity contribution in [3.05, 3.63) is 0 Å². The van der Waals surface area contributed by atoms with Crippen molar-refractivity contribution in [1.29, 1.82) is 0 Å². The molecule has 4 nitrogen and oxygen atoms in total. The van der Waals surface area contributed by atoms with Crippen molar-refractivity contribution in [2.75, 3.05) is 6.54 Å². The summed E-state index contributed by atoms with van der Waals surface area (Å²) in [7, 11) is 0. The SMILES string of the molecule is CC(C)NC(=NCCCC1CCCC1)NN. The molecule has 1 aliphatic carbocycles. The molecule has 0 aromatic heterocycles. The van der Waals surface area contributed by atoms with Crippen LogP contribution in [0.1, 0.15) is 52.4 Å². The van der Waals surface area contributed by atoms with E-state index < -0.39 is 0 Å².